The number of hydrogen-bond donors (Lipinski definition) is 0. The van der Waals surface area contributed by atoms with Gasteiger partial charge in [0.2, 0.25) is 11.1 Å². The van der Waals surface area contributed by atoms with E-state index in [2.05, 4.69) is 15.9 Å². The molecule has 1 aliphatic heterocycles. The standard InChI is InChI=1S/C13H13BrClNO2/c1-7-4-11(8(2)3-10(7)14)16-6-9(13(15)18)5-12(16)17/h3-4,9H,5-6H2,1-2H3. The fraction of sp³-hybridized carbons (Fsp3) is 0.385. The number of halogens is 2. The number of benzene rings is 1. The number of aryl methyl sites for hydroxylation is 2. The van der Waals surface area contributed by atoms with Crippen LogP contribution in [0.15, 0.2) is 16.6 Å². The Bertz CT molecular complexity index is 530. The van der Waals surface area contributed by atoms with Crippen LogP contribution in [0.3, 0.4) is 0 Å². The molecule has 96 valence electrons. The molecule has 0 N–H and O–H groups in total. The molecule has 1 atom stereocenters. The Morgan fingerprint density at radius 3 is 2.61 bits per heavy atom. The highest BCUT2D eigenvalue weighted by atomic mass is 79.9. The van der Waals surface area contributed by atoms with Gasteiger partial charge in [-0.25, -0.2) is 0 Å². The van der Waals surface area contributed by atoms with E-state index in [0.717, 1.165) is 21.3 Å². The SMILES string of the molecule is Cc1cc(N2CC(C(=O)Cl)CC2=O)c(C)cc1Br. The number of anilines is 1. The predicted molar refractivity (Wildman–Crippen MR) is 74.9 cm³/mol. The van der Waals surface area contributed by atoms with Crippen LogP contribution < -0.4 is 4.90 Å². The van der Waals surface area contributed by atoms with E-state index in [4.69, 9.17) is 11.6 Å². The molecule has 1 fully saturated rings. The average molecular weight is 331 g/mol. The molecule has 1 saturated heterocycles. The van der Waals surface area contributed by atoms with Gasteiger partial charge in [0.25, 0.3) is 0 Å². The van der Waals surface area contributed by atoms with E-state index in [1.54, 1.807) is 4.90 Å². The molecule has 1 aliphatic rings. The van der Waals surface area contributed by atoms with E-state index in [9.17, 15) is 9.59 Å². The van der Waals surface area contributed by atoms with Gasteiger partial charge in [-0.2, -0.15) is 0 Å². The van der Waals surface area contributed by atoms with Crippen molar-refractivity contribution >= 4 is 44.4 Å². The number of carbonyl (C=O) groups is 2. The van der Waals surface area contributed by atoms with Gasteiger partial charge in [-0.3, -0.25) is 9.59 Å². The predicted octanol–water partition coefficient (Wildman–Crippen LogP) is 3.18. The molecule has 0 saturated carbocycles. The van der Waals surface area contributed by atoms with Crippen molar-refractivity contribution in [1.82, 2.24) is 0 Å². The lowest BCUT2D eigenvalue weighted by atomic mass is 10.1. The Kier molecular flexibility index (Phi) is 3.78. The topological polar surface area (TPSA) is 37.4 Å². The zero-order chi connectivity index (χ0) is 13.4. The zero-order valence-electron chi connectivity index (χ0n) is 10.2. The molecular weight excluding hydrogens is 318 g/mol. The quantitative estimate of drug-likeness (QED) is 0.781. The lowest BCUT2D eigenvalue weighted by molar-refractivity contribution is -0.120. The number of hydrogen-bond acceptors (Lipinski definition) is 2. The minimum atomic E-state index is -0.433. The minimum absolute atomic E-state index is 0.0428. The Morgan fingerprint density at radius 1 is 1.39 bits per heavy atom. The van der Waals surface area contributed by atoms with Gasteiger partial charge in [0.1, 0.15) is 0 Å². The van der Waals surface area contributed by atoms with Crippen molar-refractivity contribution in [3.8, 4) is 0 Å². The lowest BCUT2D eigenvalue weighted by Gasteiger charge is -2.20. The van der Waals surface area contributed by atoms with Crippen LogP contribution in [0.4, 0.5) is 5.69 Å². The fourth-order valence-corrected chi connectivity index (χ4v) is 2.75. The summed E-state index contributed by atoms with van der Waals surface area (Å²) in [5, 5.41) is -0.433. The summed E-state index contributed by atoms with van der Waals surface area (Å²) < 4.78 is 1.01. The minimum Gasteiger partial charge on any atom is -0.311 e. The largest absolute Gasteiger partial charge is 0.311 e. The molecule has 0 radical (unpaired) electrons. The van der Waals surface area contributed by atoms with Gasteiger partial charge in [-0.15, -0.1) is 0 Å². The highest BCUT2D eigenvalue weighted by Crippen LogP contribution is 2.32. The maximum Gasteiger partial charge on any atom is 0.227 e. The smallest absolute Gasteiger partial charge is 0.227 e. The number of rotatable bonds is 2. The highest BCUT2D eigenvalue weighted by molar-refractivity contribution is 9.10. The summed E-state index contributed by atoms with van der Waals surface area (Å²) in [4.78, 5) is 24.7. The molecule has 2 rings (SSSR count). The molecule has 0 aliphatic carbocycles. The maximum absolute atomic E-state index is 11.9. The van der Waals surface area contributed by atoms with Gasteiger partial charge < -0.3 is 4.90 Å². The Morgan fingerprint density at radius 2 is 2.06 bits per heavy atom. The first-order chi connectivity index (χ1) is 8.40. The molecule has 5 heteroatoms. The molecule has 0 aromatic heterocycles. The third-order valence-electron chi connectivity index (χ3n) is 3.21. The second kappa shape index (κ2) is 5.02. The summed E-state index contributed by atoms with van der Waals surface area (Å²) in [6.45, 7) is 4.30. The third kappa shape index (κ3) is 2.45. The van der Waals surface area contributed by atoms with E-state index < -0.39 is 5.24 Å². The van der Waals surface area contributed by atoms with Crippen LogP contribution in [0.25, 0.3) is 0 Å². The van der Waals surface area contributed by atoms with Crippen LogP contribution in [0.1, 0.15) is 17.5 Å². The van der Waals surface area contributed by atoms with Gasteiger partial charge >= 0.3 is 0 Å². The van der Waals surface area contributed by atoms with Crippen molar-refractivity contribution in [2.75, 3.05) is 11.4 Å². The van der Waals surface area contributed by atoms with Gasteiger partial charge in [-0.1, -0.05) is 15.9 Å². The van der Waals surface area contributed by atoms with Crippen LogP contribution in [0.2, 0.25) is 0 Å². The summed E-state index contributed by atoms with van der Waals surface area (Å²) in [5.74, 6) is -0.429. The number of nitrogens with zero attached hydrogens (tertiary/aromatic N) is 1. The van der Waals surface area contributed by atoms with Crippen molar-refractivity contribution in [3.63, 3.8) is 0 Å². The summed E-state index contributed by atoms with van der Waals surface area (Å²) in [7, 11) is 0. The van der Waals surface area contributed by atoms with E-state index >= 15 is 0 Å². The lowest BCUT2D eigenvalue weighted by Crippen LogP contribution is -2.26. The van der Waals surface area contributed by atoms with Gasteiger partial charge in [0.05, 0.1) is 5.92 Å². The third-order valence-corrected chi connectivity index (χ3v) is 4.38. The number of amides is 1. The molecule has 3 nitrogen and oxygen atoms in total. The average Bonchev–Trinajstić information content (AvgIpc) is 2.66. The second-order valence-corrected chi connectivity index (χ2v) is 5.82. The molecule has 1 aromatic carbocycles. The normalized spacial score (nSPS) is 19.4. The molecule has 1 unspecified atom stereocenters. The summed E-state index contributed by atoms with van der Waals surface area (Å²) in [5.41, 5.74) is 2.92. The highest BCUT2D eigenvalue weighted by Gasteiger charge is 2.34. The van der Waals surface area contributed by atoms with Crippen molar-refractivity contribution in [2.45, 2.75) is 20.3 Å². The van der Waals surface area contributed by atoms with E-state index in [1.807, 2.05) is 26.0 Å². The first-order valence-electron chi connectivity index (χ1n) is 5.66. The molecule has 1 heterocycles. The second-order valence-electron chi connectivity index (χ2n) is 4.60. The van der Waals surface area contributed by atoms with Crippen molar-refractivity contribution < 1.29 is 9.59 Å². The number of carbonyl (C=O) groups excluding carboxylic acids is 2. The molecule has 1 aromatic rings. The first-order valence-corrected chi connectivity index (χ1v) is 6.83. The Balaban J connectivity index is 2.35. The molecule has 0 bridgehead atoms. The molecular formula is C13H13BrClNO2. The first kappa shape index (κ1) is 13.6. The summed E-state index contributed by atoms with van der Waals surface area (Å²) in [6.07, 6.45) is 0.205. The Labute approximate surface area is 119 Å². The van der Waals surface area contributed by atoms with Crippen molar-refractivity contribution in [3.05, 3.63) is 27.7 Å². The monoisotopic (exact) mass is 329 g/mol. The van der Waals surface area contributed by atoms with Crippen LogP contribution in [0, 0.1) is 19.8 Å². The molecule has 1 amide bonds. The van der Waals surface area contributed by atoms with Gasteiger partial charge in [0, 0.05) is 23.1 Å². The van der Waals surface area contributed by atoms with Gasteiger partial charge in [-0.05, 0) is 48.7 Å². The zero-order valence-corrected chi connectivity index (χ0v) is 12.5. The van der Waals surface area contributed by atoms with Crippen LogP contribution in [-0.4, -0.2) is 17.7 Å². The Hall–Kier alpha value is -0.870. The molecule has 18 heavy (non-hydrogen) atoms. The van der Waals surface area contributed by atoms with Crippen molar-refractivity contribution in [1.29, 1.82) is 0 Å². The van der Waals surface area contributed by atoms with E-state index in [0.29, 0.717) is 6.54 Å². The fourth-order valence-electron chi connectivity index (χ4n) is 2.15. The maximum atomic E-state index is 11.9. The van der Waals surface area contributed by atoms with E-state index in [1.165, 1.54) is 0 Å². The van der Waals surface area contributed by atoms with Crippen LogP contribution in [0.5, 0.6) is 0 Å². The van der Waals surface area contributed by atoms with Crippen molar-refractivity contribution in [2.24, 2.45) is 5.92 Å². The summed E-state index contributed by atoms with van der Waals surface area (Å²) in [6, 6.07) is 3.94. The van der Waals surface area contributed by atoms with Gasteiger partial charge in [0.15, 0.2) is 0 Å². The van der Waals surface area contributed by atoms with Crippen LogP contribution >= 0.6 is 27.5 Å². The van der Waals surface area contributed by atoms with Crippen LogP contribution in [-0.2, 0) is 9.59 Å². The van der Waals surface area contributed by atoms with E-state index in [-0.39, 0.29) is 18.2 Å². The molecule has 0 spiro atoms. The summed E-state index contributed by atoms with van der Waals surface area (Å²) >= 11 is 8.93.